The number of aromatic nitrogens is 3. The molecule has 4 nitrogen and oxygen atoms in total. The largest absolute Gasteiger partial charge is 0.363 e. The predicted octanol–water partition coefficient (Wildman–Crippen LogP) is 3.36. The van der Waals surface area contributed by atoms with Crippen molar-refractivity contribution in [1.29, 1.82) is 0 Å². The summed E-state index contributed by atoms with van der Waals surface area (Å²) in [6, 6.07) is 0. The average molecular weight is 283 g/mol. The van der Waals surface area contributed by atoms with Crippen LogP contribution in [-0.4, -0.2) is 25.8 Å². The summed E-state index contributed by atoms with van der Waals surface area (Å²) in [5.74, 6) is 1.50. The lowest BCUT2D eigenvalue weighted by Crippen LogP contribution is -2.37. The lowest BCUT2D eigenvalue weighted by molar-refractivity contribution is 0.538. The summed E-state index contributed by atoms with van der Waals surface area (Å²) >= 11 is 7.58. The standard InChI is InChI=1S/C12H15ClN4S/c1-8-9-10(14-7-15-11(9)18-17-8)16-12(6-13)4-2-3-5-12/h7H,2-6H2,1H3,(H,14,15,16). The minimum absolute atomic E-state index is 0.00276. The fourth-order valence-corrected chi connectivity index (χ4v) is 3.69. The Kier molecular flexibility index (Phi) is 3.11. The molecule has 0 spiro atoms. The van der Waals surface area contributed by atoms with Crippen LogP contribution in [0.15, 0.2) is 6.33 Å². The number of hydrogen-bond donors (Lipinski definition) is 1. The number of nitrogens with zero attached hydrogens (tertiary/aromatic N) is 3. The molecule has 2 aromatic heterocycles. The second-order valence-corrected chi connectivity index (χ2v) is 5.94. The first-order chi connectivity index (χ1) is 8.74. The molecule has 6 heteroatoms. The summed E-state index contributed by atoms with van der Waals surface area (Å²) in [5, 5.41) is 4.60. The number of anilines is 1. The van der Waals surface area contributed by atoms with Crippen LogP contribution in [0.3, 0.4) is 0 Å². The molecule has 0 bridgehead atoms. The Balaban J connectivity index is 2.01. The van der Waals surface area contributed by atoms with E-state index in [0.717, 1.165) is 34.6 Å². The van der Waals surface area contributed by atoms with Gasteiger partial charge in [-0.3, -0.25) is 0 Å². The molecule has 1 aliphatic rings. The third kappa shape index (κ3) is 1.95. The zero-order valence-electron chi connectivity index (χ0n) is 10.2. The Morgan fingerprint density at radius 1 is 1.39 bits per heavy atom. The third-order valence-corrected chi connectivity index (χ3v) is 5.00. The van der Waals surface area contributed by atoms with Crippen LogP contribution in [0.5, 0.6) is 0 Å². The summed E-state index contributed by atoms with van der Waals surface area (Å²) in [5.41, 5.74) is 0.984. The highest BCUT2D eigenvalue weighted by atomic mass is 35.5. The number of fused-ring (bicyclic) bond motifs is 1. The highest BCUT2D eigenvalue weighted by Crippen LogP contribution is 2.36. The molecular formula is C12H15ClN4S. The van der Waals surface area contributed by atoms with E-state index < -0.39 is 0 Å². The molecule has 0 atom stereocenters. The second-order valence-electron chi connectivity index (χ2n) is 4.92. The maximum absolute atomic E-state index is 6.16. The van der Waals surface area contributed by atoms with Crippen LogP contribution in [0.4, 0.5) is 5.82 Å². The van der Waals surface area contributed by atoms with Gasteiger partial charge in [-0.1, -0.05) is 12.8 Å². The summed E-state index contributed by atoms with van der Waals surface area (Å²) < 4.78 is 4.35. The Morgan fingerprint density at radius 2 is 2.17 bits per heavy atom. The Morgan fingerprint density at radius 3 is 2.89 bits per heavy atom. The van der Waals surface area contributed by atoms with Crippen molar-refractivity contribution in [3.63, 3.8) is 0 Å². The van der Waals surface area contributed by atoms with E-state index in [0.29, 0.717) is 5.88 Å². The summed E-state index contributed by atoms with van der Waals surface area (Å²) in [4.78, 5) is 9.58. The highest BCUT2D eigenvalue weighted by Gasteiger charge is 2.33. The molecule has 1 N–H and O–H groups in total. The van der Waals surface area contributed by atoms with Gasteiger partial charge in [0.2, 0.25) is 0 Å². The Bertz CT molecular complexity index is 562. The lowest BCUT2D eigenvalue weighted by Gasteiger charge is -2.28. The Labute approximate surface area is 115 Å². The SMILES string of the molecule is Cc1nsc2ncnc(NC3(CCl)CCCC3)c12. The topological polar surface area (TPSA) is 50.7 Å². The van der Waals surface area contributed by atoms with E-state index in [2.05, 4.69) is 19.7 Å². The van der Waals surface area contributed by atoms with Crippen LogP contribution in [0.1, 0.15) is 31.4 Å². The summed E-state index contributed by atoms with van der Waals surface area (Å²) in [7, 11) is 0. The van der Waals surface area contributed by atoms with Gasteiger partial charge in [0.05, 0.1) is 16.6 Å². The fourth-order valence-electron chi connectivity index (χ4n) is 2.61. The molecule has 2 heterocycles. The van der Waals surface area contributed by atoms with Crippen molar-refractivity contribution < 1.29 is 0 Å². The van der Waals surface area contributed by atoms with Gasteiger partial charge in [-0.25, -0.2) is 9.97 Å². The number of alkyl halides is 1. The third-order valence-electron chi connectivity index (χ3n) is 3.64. The quantitative estimate of drug-likeness (QED) is 0.877. The van der Waals surface area contributed by atoms with Crippen LogP contribution < -0.4 is 5.32 Å². The number of hydrogen-bond acceptors (Lipinski definition) is 5. The smallest absolute Gasteiger partial charge is 0.149 e. The van der Waals surface area contributed by atoms with E-state index in [1.165, 1.54) is 24.4 Å². The van der Waals surface area contributed by atoms with E-state index in [9.17, 15) is 0 Å². The maximum atomic E-state index is 6.16. The summed E-state index contributed by atoms with van der Waals surface area (Å²) in [6.45, 7) is 2.00. The predicted molar refractivity (Wildman–Crippen MR) is 75.5 cm³/mol. The maximum Gasteiger partial charge on any atom is 0.149 e. The summed E-state index contributed by atoms with van der Waals surface area (Å²) in [6.07, 6.45) is 6.28. The molecule has 2 aromatic rings. The van der Waals surface area contributed by atoms with Gasteiger partial charge >= 0.3 is 0 Å². The van der Waals surface area contributed by atoms with Gasteiger partial charge < -0.3 is 5.32 Å². The Hall–Kier alpha value is -0.940. The first kappa shape index (κ1) is 12.1. The highest BCUT2D eigenvalue weighted by molar-refractivity contribution is 7.13. The van der Waals surface area contributed by atoms with Crippen molar-refractivity contribution in [2.75, 3.05) is 11.2 Å². The van der Waals surface area contributed by atoms with Crippen molar-refractivity contribution in [1.82, 2.24) is 14.3 Å². The van der Waals surface area contributed by atoms with Gasteiger partial charge in [-0.05, 0) is 31.3 Å². The molecule has 0 unspecified atom stereocenters. The molecule has 1 aliphatic carbocycles. The molecule has 0 aliphatic heterocycles. The first-order valence-electron chi connectivity index (χ1n) is 6.15. The van der Waals surface area contributed by atoms with Crippen molar-refractivity contribution in [2.24, 2.45) is 0 Å². The van der Waals surface area contributed by atoms with Crippen molar-refractivity contribution >= 4 is 39.2 Å². The molecule has 0 aromatic carbocycles. The molecule has 3 rings (SSSR count). The van der Waals surface area contributed by atoms with E-state index in [1.54, 1.807) is 6.33 Å². The van der Waals surface area contributed by atoms with Gasteiger partial charge in [0.15, 0.2) is 0 Å². The van der Waals surface area contributed by atoms with Gasteiger partial charge in [0, 0.05) is 5.88 Å². The number of nitrogens with one attached hydrogen (secondary N) is 1. The molecule has 18 heavy (non-hydrogen) atoms. The van der Waals surface area contributed by atoms with Gasteiger partial charge in [0.1, 0.15) is 17.0 Å². The first-order valence-corrected chi connectivity index (χ1v) is 7.46. The molecule has 0 radical (unpaired) electrons. The molecular weight excluding hydrogens is 268 g/mol. The number of aryl methyl sites for hydroxylation is 1. The van der Waals surface area contributed by atoms with Gasteiger partial charge in [0.25, 0.3) is 0 Å². The van der Waals surface area contributed by atoms with E-state index >= 15 is 0 Å². The zero-order chi connectivity index (χ0) is 12.6. The molecule has 1 fully saturated rings. The van der Waals surface area contributed by atoms with Gasteiger partial charge in [-0.2, -0.15) is 4.37 Å². The van der Waals surface area contributed by atoms with Crippen LogP contribution >= 0.6 is 23.1 Å². The molecule has 1 saturated carbocycles. The number of halogens is 1. The monoisotopic (exact) mass is 282 g/mol. The lowest BCUT2D eigenvalue weighted by atomic mass is 10.0. The zero-order valence-corrected chi connectivity index (χ0v) is 11.8. The average Bonchev–Trinajstić information content (AvgIpc) is 2.99. The molecule has 0 amide bonds. The van der Waals surface area contributed by atoms with Gasteiger partial charge in [-0.15, -0.1) is 11.6 Å². The van der Waals surface area contributed by atoms with Crippen LogP contribution in [0.25, 0.3) is 10.2 Å². The normalized spacial score (nSPS) is 18.3. The van der Waals surface area contributed by atoms with E-state index in [-0.39, 0.29) is 5.54 Å². The van der Waals surface area contributed by atoms with Crippen molar-refractivity contribution in [2.45, 2.75) is 38.1 Å². The minimum atomic E-state index is -0.00276. The van der Waals surface area contributed by atoms with E-state index in [1.807, 2.05) is 6.92 Å². The van der Waals surface area contributed by atoms with E-state index in [4.69, 9.17) is 11.6 Å². The van der Waals surface area contributed by atoms with Crippen LogP contribution in [0.2, 0.25) is 0 Å². The fraction of sp³-hybridized carbons (Fsp3) is 0.583. The van der Waals surface area contributed by atoms with Crippen LogP contribution in [-0.2, 0) is 0 Å². The molecule has 0 saturated heterocycles. The second kappa shape index (κ2) is 4.63. The van der Waals surface area contributed by atoms with Crippen LogP contribution in [0, 0.1) is 6.92 Å². The number of rotatable bonds is 3. The van der Waals surface area contributed by atoms with Crippen molar-refractivity contribution in [3.8, 4) is 0 Å². The van der Waals surface area contributed by atoms with Crippen molar-refractivity contribution in [3.05, 3.63) is 12.0 Å². The minimum Gasteiger partial charge on any atom is -0.363 e. The molecule has 96 valence electrons.